The van der Waals surface area contributed by atoms with E-state index < -0.39 is 21.6 Å². The molecule has 1 saturated heterocycles. The molecule has 36 heavy (non-hydrogen) atoms. The summed E-state index contributed by atoms with van der Waals surface area (Å²) in [4.78, 5) is 30.6. The van der Waals surface area contributed by atoms with Crippen LogP contribution in [0, 0.1) is 25.7 Å². The van der Waals surface area contributed by atoms with Crippen molar-refractivity contribution in [2.45, 2.75) is 71.3 Å². The number of carbonyl (C=O) groups excluding carboxylic acids is 2. The van der Waals surface area contributed by atoms with Crippen molar-refractivity contribution in [3.8, 4) is 0 Å². The van der Waals surface area contributed by atoms with Crippen LogP contribution in [0.5, 0.6) is 0 Å². The molecule has 0 unspecified atom stereocenters. The highest BCUT2D eigenvalue weighted by atomic mass is 32.2. The average Bonchev–Trinajstić information content (AvgIpc) is 3.13. The third-order valence-corrected chi connectivity index (χ3v) is 10.2. The second kappa shape index (κ2) is 10.1. The third-order valence-electron chi connectivity index (χ3n) is 8.35. The Kier molecular flexibility index (Phi) is 7.48. The molecule has 0 radical (unpaired) electrons. The molecule has 3 N–H and O–H groups in total. The number of hydrogen-bond donors (Lipinski definition) is 2. The zero-order valence-corrected chi connectivity index (χ0v) is 22.7. The van der Waals surface area contributed by atoms with Crippen molar-refractivity contribution in [1.82, 2.24) is 9.62 Å². The molecule has 4 rings (SSSR count). The molecule has 0 atom stereocenters. The maximum atomic E-state index is 13.2. The highest BCUT2D eigenvalue weighted by molar-refractivity contribution is 7.89. The van der Waals surface area contributed by atoms with Gasteiger partial charge in [0.05, 0.1) is 5.75 Å². The number of hydrogen-bond acceptors (Lipinski definition) is 5. The van der Waals surface area contributed by atoms with Crippen LogP contribution < -0.4 is 16.0 Å². The number of aliphatic imine (C=N–C) groups is 1. The molecule has 1 aromatic carbocycles. The van der Waals surface area contributed by atoms with Crippen molar-refractivity contribution >= 4 is 33.5 Å². The number of piperidine rings is 1. The van der Waals surface area contributed by atoms with Crippen LogP contribution >= 0.6 is 0 Å². The van der Waals surface area contributed by atoms with Gasteiger partial charge in [-0.1, -0.05) is 19.8 Å². The number of sulfonamides is 1. The molecular formula is C26H39N5O4S. The third kappa shape index (κ3) is 5.29. The van der Waals surface area contributed by atoms with Crippen molar-refractivity contribution in [2.24, 2.45) is 22.6 Å². The van der Waals surface area contributed by atoms with Crippen LogP contribution in [0.2, 0.25) is 0 Å². The zero-order valence-electron chi connectivity index (χ0n) is 21.8. The minimum absolute atomic E-state index is 0.00629. The van der Waals surface area contributed by atoms with Crippen molar-refractivity contribution in [3.05, 3.63) is 28.8 Å². The van der Waals surface area contributed by atoms with Gasteiger partial charge in [0.15, 0.2) is 0 Å². The van der Waals surface area contributed by atoms with Crippen LogP contribution in [-0.2, 0) is 21.2 Å². The lowest BCUT2D eigenvalue weighted by atomic mass is 9.82. The number of aryl methyl sites for hydroxylation is 2. The number of rotatable bonds is 6. The molecule has 1 spiro atoms. The fourth-order valence-corrected chi connectivity index (χ4v) is 7.25. The maximum absolute atomic E-state index is 13.2. The maximum Gasteiger partial charge on any atom is 0.318 e. The fraction of sp³-hybridized carbons (Fsp3) is 0.654. The van der Waals surface area contributed by atoms with Gasteiger partial charge in [-0.15, -0.1) is 0 Å². The van der Waals surface area contributed by atoms with E-state index in [9.17, 15) is 18.0 Å². The van der Waals surface area contributed by atoms with Gasteiger partial charge in [0.2, 0.25) is 10.0 Å². The molecule has 2 aliphatic heterocycles. The normalized spacial score (nSPS) is 24.4. The molecule has 2 heterocycles. The lowest BCUT2D eigenvalue weighted by Crippen LogP contribution is -2.51. The van der Waals surface area contributed by atoms with Crippen LogP contribution in [-0.4, -0.2) is 61.9 Å². The second-order valence-electron chi connectivity index (χ2n) is 10.9. The van der Waals surface area contributed by atoms with E-state index in [2.05, 4.69) is 12.2 Å². The Balaban J connectivity index is 1.39. The first-order chi connectivity index (χ1) is 16.9. The summed E-state index contributed by atoms with van der Waals surface area (Å²) in [7, 11) is -1.88. The Labute approximate surface area is 214 Å². The number of urea groups is 1. The number of nitrogens with one attached hydrogen (secondary N) is 1. The first-order valence-electron chi connectivity index (χ1n) is 12.9. The van der Waals surface area contributed by atoms with Gasteiger partial charge in [-0.3, -0.25) is 14.7 Å². The summed E-state index contributed by atoms with van der Waals surface area (Å²) in [5, 5.41) is 3.04. The number of nitrogens with two attached hydrogens (primary N) is 1. The first kappa shape index (κ1) is 26.6. The SMILES string of the molecule is Cc1cc(N(C)C(N)=O)cc(C)c1CCS(=O)(=O)N1CCC2(CC1)N=C(C1CCC(C)CC1)NC2=O. The molecule has 3 aliphatic rings. The Morgan fingerprint density at radius 1 is 1.17 bits per heavy atom. The van der Waals surface area contributed by atoms with E-state index in [1.807, 2.05) is 26.0 Å². The summed E-state index contributed by atoms with van der Waals surface area (Å²) in [6.45, 7) is 6.70. The van der Waals surface area contributed by atoms with Gasteiger partial charge >= 0.3 is 6.03 Å². The van der Waals surface area contributed by atoms with E-state index in [0.29, 0.717) is 44.0 Å². The Morgan fingerprint density at radius 3 is 2.31 bits per heavy atom. The average molecular weight is 518 g/mol. The largest absolute Gasteiger partial charge is 0.351 e. The van der Waals surface area contributed by atoms with Gasteiger partial charge in [-0.2, -0.15) is 0 Å². The van der Waals surface area contributed by atoms with Crippen molar-refractivity contribution in [2.75, 3.05) is 30.8 Å². The topological polar surface area (TPSA) is 125 Å². The standard InChI is InChI=1S/C26H39N5O4S/c1-17-5-7-20(8-6-17)23-28-24(32)26(29-23)10-12-31(13-11-26)36(34,35)14-9-22-18(2)15-21(16-19(22)3)30(4)25(27)33/h15-17,20H,5-14H2,1-4H3,(H2,27,33)(H,28,29,32). The van der Waals surface area contributed by atoms with Gasteiger partial charge in [0.25, 0.3) is 5.91 Å². The molecule has 2 fully saturated rings. The summed E-state index contributed by atoms with van der Waals surface area (Å²) in [5.41, 5.74) is 8.04. The first-order valence-corrected chi connectivity index (χ1v) is 14.5. The molecule has 0 bridgehead atoms. The van der Waals surface area contributed by atoms with Gasteiger partial charge < -0.3 is 11.1 Å². The molecule has 9 nitrogen and oxygen atoms in total. The van der Waals surface area contributed by atoms with Crippen LogP contribution in [0.15, 0.2) is 17.1 Å². The summed E-state index contributed by atoms with van der Waals surface area (Å²) >= 11 is 0. The lowest BCUT2D eigenvalue weighted by Gasteiger charge is -2.34. The van der Waals surface area contributed by atoms with E-state index >= 15 is 0 Å². The molecule has 198 valence electrons. The second-order valence-corrected chi connectivity index (χ2v) is 12.9. The number of nitrogens with zero attached hydrogens (tertiary/aromatic N) is 3. The number of anilines is 1. The van der Waals surface area contributed by atoms with E-state index in [-0.39, 0.29) is 11.7 Å². The van der Waals surface area contributed by atoms with Gasteiger partial charge in [0.1, 0.15) is 11.4 Å². The van der Waals surface area contributed by atoms with Crippen molar-refractivity contribution in [3.63, 3.8) is 0 Å². The minimum Gasteiger partial charge on any atom is -0.351 e. The minimum atomic E-state index is -3.49. The highest BCUT2D eigenvalue weighted by Crippen LogP contribution is 2.36. The number of amidine groups is 1. The molecule has 1 aliphatic carbocycles. The fourth-order valence-electron chi connectivity index (χ4n) is 5.79. The quantitative estimate of drug-likeness (QED) is 0.602. The monoisotopic (exact) mass is 517 g/mol. The molecule has 1 saturated carbocycles. The Hall–Kier alpha value is -2.46. The summed E-state index contributed by atoms with van der Waals surface area (Å²) < 4.78 is 27.9. The van der Waals surface area contributed by atoms with Crippen LogP contribution in [0.25, 0.3) is 0 Å². The van der Waals surface area contributed by atoms with E-state index in [1.54, 1.807) is 7.05 Å². The molecule has 10 heteroatoms. The van der Waals surface area contributed by atoms with Gasteiger partial charge in [0, 0.05) is 31.7 Å². The van der Waals surface area contributed by atoms with Gasteiger partial charge in [-0.05, 0) is 80.7 Å². The van der Waals surface area contributed by atoms with Crippen molar-refractivity contribution in [1.29, 1.82) is 0 Å². The number of amides is 3. The van der Waals surface area contributed by atoms with Crippen molar-refractivity contribution < 1.29 is 18.0 Å². The molecule has 1 aromatic rings. The van der Waals surface area contributed by atoms with Crippen LogP contribution in [0.1, 0.15) is 62.1 Å². The summed E-state index contributed by atoms with van der Waals surface area (Å²) in [6, 6.07) is 3.16. The van der Waals surface area contributed by atoms with E-state index in [4.69, 9.17) is 10.7 Å². The predicted octanol–water partition coefficient (Wildman–Crippen LogP) is 2.88. The summed E-state index contributed by atoms with van der Waals surface area (Å²) in [6.07, 6.45) is 5.62. The number of benzene rings is 1. The molecule has 0 aromatic heterocycles. The summed E-state index contributed by atoms with van der Waals surface area (Å²) in [5.74, 6) is 1.78. The number of carbonyl (C=O) groups is 2. The van der Waals surface area contributed by atoms with Gasteiger partial charge in [-0.25, -0.2) is 17.5 Å². The molecule has 3 amide bonds. The lowest BCUT2D eigenvalue weighted by molar-refractivity contribution is -0.125. The van der Waals surface area contributed by atoms with E-state index in [1.165, 1.54) is 9.21 Å². The smallest absolute Gasteiger partial charge is 0.318 e. The molecular weight excluding hydrogens is 478 g/mol. The Morgan fingerprint density at radius 2 is 1.75 bits per heavy atom. The van der Waals surface area contributed by atoms with E-state index in [0.717, 1.165) is 54.1 Å². The zero-order chi connectivity index (χ0) is 26.3. The van der Waals surface area contributed by atoms with Crippen LogP contribution in [0.4, 0.5) is 10.5 Å². The predicted molar refractivity (Wildman–Crippen MR) is 142 cm³/mol. The number of primary amides is 1. The Bertz CT molecular complexity index is 1140. The highest BCUT2D eigenvalue weighted by Gasteiger charge is 2.48. The van der Waals surface area contributed by atoms with Crippen LogP contribution in [0.3, 0.4) is 0 Å².